The quantitative estimate of drug-likeness (QED) is 0.570. The Morgan fingerprint density at radius 3 is 2.77 bits per heavy atom. The zero-order chi connectivity index (χ0) is 18.4. The van der Waals surface area contributed by atoms with E-state index in [9.17, 15) is 4.79 Å². The lowest BCUT2D eigenvalue weighted by Crippen LogP contribution is -2.22. The Hall–Kier alpha value is -2.62. The van der Waals surface area contributed by atoms with Gasteiger partial charge in [-0.3, -0.25) is 9.78 Å². The Morgan fingerprint density at radius 2 is 2.04 bits per heavy atom. The number of anilines is 1. The van der Waals surface area contributed by atoms with Crippen molar-refractivity contribution in [1.29, 1.82) is 0 Å². The fourth-order valence-electron chi connectivity index (χ4n) is 3.23. The number of nitrogens with one attached hydrogen (secondary N) is 2. The van der Waals surface area contributed by atoms with Gasteiger partial charge in [-0.2, -0.15) is 0 Å². The van der Waals surface area contributed by atoms with Gasteiger partial charge in [0.25, 0.3) is 0 Å². The largest absolute Gasteiger partial charge is 0.361 e. The molecule has 0 spiro atoms. The number of rotatable bonds is 8. The van der Waals surface area contributed by atoms with Gasteiger partial charge in [0.2, 0.25) is 5.91 Å². The molecule has 0 aliphatic heterocycles. The summed E-state index contributed by atoms with van der Waals surface area (Å²) < 4.78 is 0. The van der Waals surface area contributed by atoms with Crippen molar-refractivity contribution in [3.8, 4) is 0 Å². The Kier molecular flexibility index (Phi) is 6.05. The lowest BCUT2D eigenvalue weighted by atomic mass is 9.97. The summed E-state index contributed by atoms with van der Waals surface area (Å²) in [4.78, 5) is 20.6. The zero-order valence-electron chi connectivity index (χ0n) is 15.6. The fraction of sp³-hybridized carbons (Fsp3) is 0.364. The van der Waals surface area contributed by atoms with Gasteiger partial charge in [0.15, 0.2) is 0 Å². The molecule has 4 heteroatoms. The summed E-state index contributed by atoms with van der Waals surface area (Å²) in [6, 6.07) is 12.1. The molecule has 1 atom stereocenters. The predicted octanol–water partition coefficient (Wildman–Crippen LogP) is 5.43. The van der Waals surface area contributed by atoms with Gasteiger partial charge >= 0.3 is 0 Å². The molecule has 1 aromatic carbocycles. The van der Waals surface area contributed by atoms with E-state index in [1.54, 1.807) is 0 Å². The number of amides is 1. The van der Waals surface area contributed by atoms with Crippen LogP contribution in [-0.4, -0.2) is 15.9 Å². The van der Waals surface area contributed by atoms with Crippen LogP contribution in [0.1, 0.15) is 56.7 Å². The SMILES string of the molecule is CCCCc1ccc(C(CCC)C(=O)Nc2ccc3cc[nH]c3c2)nc1. The molecule has 0 bridgehead atoms. The van der Waals surface area contributed by atoms with Crippen molar-refractivity contribution in [3.05, 3.63) is 60.0 Å². The molecule has 2 aromatic heterocycles. The normalized spacial score (nSPS) is 12.2. The van der Waals surface area contributed by atoms with Crippen molar-refractivity contribution in [2.75, 3.05) is 5.32 Å². The van der Waals surface area contributed by atoms with Gasteiger partial charge in [-0.1, -0.05) is 38.8 Å². The monoisotopic (exact) mass is 349 g/mol. The molecule has 0 fully saturated rings. The van der Waals surface area contributed by atoms with E-state index in [1.807, 2.05) is 42.7 Å². The maximum atomic E-state index is 12.9. The van der Waals surface area contributed by atoms with Crippen LogP contribution >= 0.6 is 0 Å². The zero-order valence-corrected chi connectivity index (χ0v) is 15.6. The molecule has 0 radical (unpaired) electrons. The minimum Gasteiger partial charge on any atom is -0.361 e. The van der Waals surface area contributed by atoms with Crippen LogP contribution < -0.4 is 5.32 Å². The van der Waals surface area contributed by atoms with Crippen LogP contribution in [0.3, 0.4) is 0 Å². The first-order valence-corrected chi connectivity index (χ1v) is 9.54. The average Bonchev–Trinajstić information content (AvgIpc) is 3.12. The molecule has 0 aliphatic rings. The first-order chi connectivity index (χ1) is 12.7. The Balaban J connectivity index is 1.74. The molecule has 0 saturated heterocycles. The molecule has 0 saturated carbocycles. The van der Waals surface area contributed by atoms with Gasteiger partial charge in [0, 0.05) is 23.6 Å². The summed E-state index contributed by atoms with van der Waals surface area (Å²) >= 11 is 0. The minimum absolute atomic E-state index is 0.00608. The number of aryl methyl sites for hydroxylation is 1. The second-order valence-electron chi connectivity index (χ2n) is 6.81. The van der Waals surface area contributed by atoms with E-state index in [4.69, 9.17) is 0 Å². The third-order valence-electron chi connectivity index (χ3n) is 4.74. The van der Waals surface area contributed by atoms with Crippen molar-refractivity contribution in [3.63, 3.8) is 0 Å². The van der Waals surface area contributed by atoms with E-state index in [1.165, 1.54) is 18.4 Å². The van der Waals surface area contributed by atoms with Crippen molar-refractivity contribution in [2.45, 2.75) is 51.9 Å². The number of carbonyl (C=O) groups is 1. The van der Waals surface area contributed by atoms with Crippen LogP contribution in [0.4, 0.5) is 5.69 Å². The van der Waals surface area contributed by atoms with Crippen molar-refractivity contribution >= 4 is 22.5 Å². The second-order valence-corrected chi connectivity index (χ2v) is 6.81. The Morgan fingerprint density at radius 1 is 1.15 bits per heavy atom. The fourth-order valence-corrected chi connectivity index (χ4v) is 3.23. The van der Waals surface area contributed by atoms with Crippen LogP contribution in [0.5, 0.6) is 0 Å². The molecule has 4 nitrogen and oxygen atoms in total. The highest BCUT2D eigenvalue weighted by Gasteiger charge is 2.21. The van der Waals surface area contributed by atoms with E-state index >= 15 is 0 Å². The van der Waals surface area contributed by atoms with Gasteiger partial charge in [-0.15, -0.1) is 0 Å². The molecule has 3 aromatic rings. The molecule has 2 heterocycles. The molecule has 0 aliphatic carbocycles. The van der Waals surface area contributed by atoms with E-state index in [0.717, 1.165) is 41.5 Å². The number of benzene rings is 1. The number of pyridine rings is 1. The number of aromatic amines is 1. The highest BCUT2D eigenvalue weighted by molar-refractivity contribution is 5.97. The molecule has 26 heavy (non-hydrogen) atoms. The number of fused-ring (bicyclic) bond motifs is 1. The van der Waals surface area contributed by atoms with Gasteiger partial charge in [0.05, 0.1) is 11.6 Å². The van der Waals surface area contributed by atoms with Crippen molar-refractivity contribution < 1.29 is 4.79 Å². The highest BCUT2D eigenvalue weighted by Crippen LogP contribution is 2.24. The van der Waals surface area contributed by atoms with Gasteiger partial charge < -0.3 is 10.3 Å². The number of carbonyl (C=O) groups excluding carboxylic acids is 1. The standard InChI is InChI=1S/C22H27N3O/c1-3-5-7-16-8-11-20(24-15-16)19(6-4-2)22(26)25-18-10-9-17-12-13-23-21(17)14-18/h8-15,19,23H,3-7H2,1-2H3,(H,25,26). The molecule has 2 N–H and O–H groups in total. The summed E-state index contributed by atoms with van der Waals surface area (Å²) in [7, 11) is 0. The summed E-state index contributed by atoms with van der Waals surface area (Å²) in [5.74, 6) is -0.217. The lowest BCUT2D eigenvalue weighted by molar-refractivity contribution is -0.117. The third-order valence-corrected chi connectivity index (χ3v) is 4.74. The van der Waals surface area contributed by atoms with Crippen LogP contribution in [0.25, 0.3) is 10.9 Å². The maximum Gasteiger partial charge on any atom is 0.233 e. The molecule has 1 unspecified atom stereocenters. The van der Waals surface area contributed by atoms with Gasteiger partial charge in [0.1, 0.15) is 0 Å². The summed E-state index contributed by atoms with van der Waals surface area (Å²) in [5.41, 5.74) is 3.92. The van der Waals surface area contributed by atoms with E-state index < -0.39 is 0 Å². The number of hydrogen-bond acceptors (Lipinski definition) is 2. The van der Waals surface area contributed by atoms with E-state index in [0.29, 0.717) is 0 Å². The first kappa shape index (κ1) is 18.2. The van der Waals surface area contributed by atoms with E-state index in [2.05, 4.69) is 35.2 Å². The molecule has 1 amide bonds. The highest BCUT2D eigenvalue weighted by atomic mass is 16.1. The number of nitrogens with zero attached hydrogens (tertiary/aromatic N) is 1. The second kappa shape index (κ2) is 8.65. The van der Waals surface area contributed by atoms with E-state index in [-0.39, 0.29) is 11.8 Å². The lowest BCUT2D eigenvalue weighted by Gasteiger charge is -2.16. The molecular weight excluding hydrogens is 322 g/mol. The summed E-state index contributed by atoms with van der Waals surface area (Å²) in [5, 5.41) is 4.19. The van der Waals surface area contributed by atoms with Crippen molar-refractivity contribution in [2.24, 2.45) is 0 Å². The molecule has 136 valence electrons. The Bertz CT molecular complexity index is 851. The smallest absolute Gasteiger partial charge is 0.233 e. The maximum absolute atomic E-state index is 12.9. The predicted molar refractivity (Wildman–Crippen MR) is 107 cm³/mol. The first-order valence-electron chi connectivity index (χ1n) is 9.54. The minimum atomic E-state index is -0.223. The number of H-pyrrole nitrogens is 1. The number of unbranched alkanes of at least 4 members (excludes halogenated alkanes) is 1. The average molecular weight is 349 g/mol. The Labute approximate surface area is 155 Å². The number of aromatic nitrogens is 2. The molecule has 3 rings (SSSR count). The van der Waals surface area contributed by atoms with Crippen LogP contribution in [0, 0.1) is 0 Å². The molecular formula is C22H27N3O. The van der Waals surface area contributed by atoms with Crippen LogP contribution in [0.2, 0.25) is 0 Å². The summed E-state index contributed by atoms with van der Waals surface area (Å²) in [6.45, 7) is 4.29. The van der Waals surface area contributed by atoms with Crippen LogP contribution in [0.15, 0.2) is 48.8 Å². The van der Waals surface area contributed by atoms with Gasteiger partial charge in [-0.25, -0.2) is 0 Å². The topological polar surface area (TPSA) is 57.8 Å². The van der Waals surface area contributed by atoms with Crippen LogP contribution in [-0.2, 0) is 11.2 Å². The third kappa shape index (κ3) is 4.31. The van der Waals surface area contributed by atoms with Crippen molar-refractivity contribution in [1.82, 2.24) is 9.97 Å². The summed E-state index contributed by atoms with van der Waals surface area (Å²) in [6.07, 6.45) is 8.94. The van der Waals surface area contributed by atoms with Gasteiger partial charge in [-0.05, 0) is 54.5 Å². The number of hydrogen-bond donors (Lipinski definition) is 2.